The van der Waals surface area contributed by atoms with Gasteiger partial charge in [0.1, 0.15) is 0 Å². The van der Waals surface area contributed by atoms with Crippen LogP contribution in [0.4, 0.5) is 0 Å². The fourth-order valence-corrected chi connectivity index (χ4v) is 4.99. The summed E-state index contributed by atoms with van der Waals surface area (Å²) in [4.78, 5) is 12.3. The third-order valence-corrected chi connectivity index (χ3v) is 7.12. The number of amides is 1. The summed E-state index contributed by atoms with van der Waals surface area (Å²) in [5, 5.41) is 3.66. The molecule has 26 heavy (non-hydrogen) atoms. The molecule has 1 N–H and O–H groups in total. The van der Waals surface area contributed by atoms with Gasteiger partial charge in [0, 0.05) is 19.6 Å². The summed E-state index contributed by atoms with van der Waals surface area (Å²) in [5.74, 6) is -0.473. The molecule has 0 radical (unpaired) electrons. The Balaban J connectivity index is 1.96. The summed E-state index contributed by atoms with van der Waals surface area (Å²) < 4.78 is 26.9. The first-order valence-corrected chi connectivity index (χ1v) is 11.4. The maximum Gasteiger partial charge on any atom is 0.224 e. The molecular formula is C18H26Cl2N2O3S. The van der Waals surface area contributed by atoms with Crippen molar-refractivity contribution in [3.8, 4) is 0 Å². The number of hydrogen-bond donors (Lipinski definition) is 1. The van der Waals surface area contributed by atoms with Crippen molar-refractivity contribution in [1.29, 1.82) is 0 Å². The molecule has 0 spiro atoms. The SMILES string of the molecule is CCCCCNC(=O)C1CCCN(S(=O)(=O)Cc2ccc(Cl)c(Cl)c2)C1. The first kappa shape index (κ1) is 21.5. The number of benzene rings is 1. The minimum absolute atomic E-state index is 0.0458. The molecule has 1 heterocycles. The number of sulfonamides is 1. The van der Waals surface area contributed by atoms with E-state index < -0.39 is 10.0 Å². The highest BCUT2D eigenvalue weighted by atomic mass is 35.5. The van der Waals surface area contributed by atoms with Crippen LogP contribution in [0.2, 0.25) is 10.0 Å². The molecule has 0 aliphatic carbocycles. The van der Waals surface area contributed by atoms with Crippen molar-refractivity contribution < 1.29 is 13.2 Å². The van der Waals surface area contributed by atoms with Crippen LogP contribution in [0.1, 0.15) is 44.6 Å². The molecule has 5 nitrogen and oxygen atoms in total. The average Bonchev–Trinajstić information content (AvgIpc) is 2.61. The van der Waals surface area contributed by atoms with Crippen molar-refractivity contribution in [3.63, 3.8) is 0 Å². The second-order valence-electron chi connectivity index (χ2n) is 6.70. The molecular weight excluding hydrogens is 395 g/mol. The van der Waals surface area contributed by atoms with Crippen LogP contribution < -0.4 is 5.32 Å². The highest BCUT2D eigenvalue weighted by Gasteiger charge is 2.32. The third-order valence-electron chi connectivity index (χ3n) is 4.56. The Morgan fingerprint density at radius 3 is 2.73 bits per heavy atom. The van der Waals surface area contributed by atoms with Crippen LogP contribution in [0.3, 0.4) is 0 Å². The fraction of sp³-hybridized carbons (Fsp3) is 0.611. The molecule has 1 saturated heterocycles. The molecule has 1 aromatic carbocycles. The van der Waals surface area contributed by atoms with Crippen LogP contribution in [-0.4, -0.2) is 38.3 Å². The predicted octanol–water partition coefficient (Wildman–Crippen LogP) is 3.84. The number of halogens is 2. The third kappa shape index (κ3) is 6.12. The number of carbonyl (C=O) groups excluding carboxylic acids is 1. The Bertz CT molecular complexity index is 725. The molecule has 8 heteroatoms. The van der Waals surface area contributed by atoms with E-state index in [-0.39, 0.29) is 24.1 Å². The van der Waals surface area contributed by atoms with Crippen molar-refractivity contribution >= 4 is 39.1 Å². The largest absolute Gasteiger partial charge is 0.356 e. The van der Waals surface area contributed by atoms with Crippen LogP contribution in [0, 0.1) is 5.92 Å². The lowest BCUT2D eigenvalue weighted by Gasteiger charge is -2.31. The van der Waals surface area contributed by atoms with E-state index in [1.807, 2.05) is 0 Å². The van der Waals surface area contributed by atoms with Gasteiger partial charge in [0.05, 0.1) is 21.7 Å². The van der Waals surface area contributed by atoms with Crippen LogP contribution in [0.15, 0.2) is 18.2 Å². The minimum atomic E-state index is -3.51. The van der Waals surface area contributed by atoms with Crippen molar-refractivity contribution in [2.45, 2.75) is 44.8 Å². The summed E-state index contributed by atoms with van der Waals surface area (Å²) >= 11 is 11.9. The molecule has 1 unspecified atom stereocenters. The zero-order valence-electron chi connectivity index (χ0n) is 15.0. The molecule has 1 amide bonds. The van der Waals surface area contributed by atoms with Gasteiger partial charge in [0.2, 0.25) is 15.9 Å². The molecule has 1 aliphatic heterocycles. The first-order chi connectivity index (χ1) is 12.3. The van der Waals surface area contributed by atoms with Crippen LogP contribution in [0.25, 0.3) is 0 Å². The van der Waals surface area contributed by atoms with E-state index in [2.05, 4.69) is 12.2 Å². The standard InChI is InChI=1S/C18H26Cl2N2O3S/c1-2-3-4-9-21-18(23)15-6-5-10-22(12-15)26(24,25)13-14-7-8-16(19)17(20)11-14/h7-8,11,15H,2-6,9-10,12-13H2,1H3,(H,21,23). The molecule has 2 rings (SSSR count). The van der Waals surface area contributed by atoms with Crippen LogP contribution in [-0.2, 0) is 20.6 Å². The van der Waals surface area contributed by atoms with Gasteiger partial charge >= 0.3 is 0 Å². The van der Waals surface area contributed by atoms with E-state index in [9.17, 15) is 13.2 Å². The van der Waals surface area contributed by atoms with Gasteiger partial charge in [-0.1, -0.05) is 49.0 Å². The van der Waals surface area contributed by atoms with Crippen LogP contribution >= 0.6 is 23.2 Å². The van der Waals surface area contributed by atoms with Crippen molar-refractivity contribution in [1.82, 2.24) is 9.62 Å². The highest BCUT2D eigenvalue weighted by Crippen LogP contribution is 2.26. The second-order valence-corrected chi connectivity index (χ2v) is 9.48. The Kier molecular flexibility index (Phi) is 8.20. The van der Waals surface area contributed by atoms with Gasteiger partial charge in [-0.15, -0.1) is 0 Å². The molecule has 1 atom stereocenters. The van der Waals surface area contributed by atoms with Gasteiger partial charge < -0.3 is 5.32 Å². The fourth-order valence-electron chi connectivity index (χ4n) is 3.07. The summed E-state index contributed by atoms with van der Waals surface area (Å²) in [5.41, 5.74) is 0.588. The summed E-state index contributed by atoms with van der Waals surface area (Å²) in [7, 11) is -3.51. The zero-order valence-corrected chi connectivity index (χ0v) is 17.3. The molecule has 0 aromatic heterocycles. The molecule has 1 aromatic rings. The molecule has 1 fully saturated rings. The quantitative estimate of drug-likeness (QED) is 0.649. The van der Waals surface area contributed by atoms with Crippen molar-refractivity contribution in [2.75, 3.05) is 19.6 Å². The van der Waals surface area contributed by atoms with Gasteiger partial charge in [0.15, 0.2) is 0 Å². The Hall–Kier alpha value is -0.820. The molecule has 146 valence electrons. The predicted molar refractivity (Wildman–Crippen MR) is 106 cm³/mol. The molecule has 0 saturated carbocycles. The maximum atomic E-state index is 12.7. The van der Waals surface area contributed by atoms with Gasteiger partial charge in [-0.25, -0.2) is 12.7 Å². The number of carbonyl (C=O) groups is 1. The lowest BCUT2D eigenvalue weighted by molar-refractivity contribution is -0.126. The summed E-state index contributed by atoms with van der Waals surface area (Å²) in [6.45, 7) is 3.45. The molecule has 1 aliphatic rings. The number of rotatable bonds is 8. The number of hydrogen-bond acceptors (Lipinski definition) is 3. The number of piperidine rings is 1. The monoisotopic (exact) mass is 420 g/mol. The van der Waals surface area contributed by atoms with E-state index in [1.54, 1.807) is 18.2 Å². The van der Waals surface area contributed by atoms with E-state index >= 15 is 0 Å². The second kappa shape index (κ2) is 9.93. The van der Waals surface area contributed by atoms with E-state index in [0.717, 1.165) is 25.7 Å². The van der Waals surface area contributed by atoms with E-state index in [1.165, 1.54) is 4.31 Å². The normalized spacial score (nSPS) is 18.7. The topological polar surface area (TPSA) is 66.5 Å². The summed E-state index contributed by atoms with van der Waals surface area (Å²) in [6.07, 6.45) is 4.54. The lowest BCUT2D eigenvalue weighted by Crippen LogP contribution is -2.45. The van der Waals surface area contributed by atoms with E-state index in [0.29, 0.717) is 35.1 Å². The lowest BCUT2D eigenvalue weighted by atomic mass is 9.99. The van der Waals surface area contributed by atoms with Gasteiger partial charge in [0.25, 0.3) is 0 Å². The number of unbranched alkanes of at least 4 members (excludes halogenated alkanes) is 2. The molecule has 0 bridgehead atoms. The Labute approximate surface area is 166 Å². The Morgan fingerprint density at radius 2 is 2.04 bits per heavy atom. The smallest absolute Gasteiger partial charge is 0.224 e. The number of nitrogens with one attached hydrogen (secondary N) is 1. The van der Waals surface area contributed by atoms with Gasteiger partial charge in [-0.2, -0.15) is 0 Å². The summed E-state index contributed by atoms with van der Waals surface area (Å²) in [6, 6.07) is 4.83. The highest BCUT2D eigenvalue weighted by molar-refractivity contribution is 7.88. The van der Waals surface area contributed by atoms with Crippen molar-refractivity contribution in [2.24, 2.45) is 5.92 Å². The minimum Gasteiger partial charge on any atom is -0.356 e. The van der Waals surface area contributed by atoms with Crippen LogP contribution in [0.5, 0.6) is 0 Å². The first-order valence-electron chi connectivity index (χ1n) is 9.03. The average molecular weight is 421 g/mol. The van der Waals surface area contributed by atoms with Crippen molar-refractivity contribution in [3.05, 3.63) is 33.8 Å². The maximum absolute atomic E-state index is 12.7. The Morgan fingerprint density at radius 1 is 1.27 bits per heavy atom. The zero-order chi connectivity index (χ0) is 19.2. The van der Waals surface area contributed by atoms with Gasteiger partial charge in [-0.3, -0.25) is 4.79 Å². The van der Waals surface area contributed by atoms with E-state index in [4.69, 9.17) is 23.2 Å². The number of nitrogens with zero attached hydrogens (tertiary/aromatic N) is 1. The van der Waals surface area contributed by atoms with Gasteiger partial charge in [-0.05, 0) is 37.0 Å².